The number of aromatic nitrogens is 3. The first-order chi connectivity index (χ1) is 8.61. The molecule has 1 aliphatic heterocycles. The highest BCUT2D eigenvalue weighted by Gasteiger charge is 2.24. The van der Waals surface area contributed by atoms with Crippen LogP contribution in [0.5, 0.6) is 0 Å². The van der Waals surface area contributed by atoms with E-state index in [0.717, 1.165) is 31.1 Å². The number of nitrogens with two attached hydrogens (primary N) is 1. The van der Waals surface area contributed by atoms with Crippen molar-refractivity contribution in [3.05, 3.63) is 23.9 Å². The van der Waals surface area contributed by atoms with E-state index in [1.54, 1.807) is 0 Å². The number of hydrogen-bond donors (Lipinski definition) is 1. The number of fused-ring (bicyclic) bond motifs is 1. The largest absolute Gasteiger partial charge is 0.338 e. The first kappa shape index (κ1) is 11.5. The van der Waals surface area contributed by atoms with Crippen molar-refractivity contribution >= 4 is 11.6 Å². The lowest BCUT2D eigenvalue weighted by molar-refractivity contribution is 0.398. The highest BCUT2D eigenvalue weighted by Crippen LogP contribution is 2.20. The van der Waals surface area contributed by atoms with E-state index >= 15 is 0 Å². The Kier molecular flexibility index (Phi) is 2.70. The maximum Gasteiger partial charge on any atom is 0.245 e. The summed E-state index contributed by atoms with van der Waals surface area (Å²) in [6.45, 7) is 6.13. The average Bonchev–Trinajstić information content (AvgIpc) is 2.70. The molecule has 1 saturated heterocycles. The molecule has 18 heavy (non-hydrogen) atoms. The second-order valence-electron chi connectivity index (χ2n) is 5.42. The Hall–Kier alpha value is -1.62. The van der Waals surface area contributed by atoms with E-state index in [4.69, 9.17) is 5.73 Å². The van der Waals surface area contributed by atoms with Crippen molar-refractivity contribution in [2.75, 3.05) is 18.0 Å². The summed E-state index contributed by atoms with van der Waals surface area (Å²) in [4.78, 5) is 6.78. The van der Waals surface area contributed by atoms with E-state index in [2.05, 4.69) is 28.8 Å². The second kappa shape index (κ2) is 4.24. The third kappa shape index (κ3) is 2.06. The Bertz CT molecular complexity index is 552. The van der Waals surface area contributed by atoms with E-state index in [0.29, 0.717) is 5.92 Å². The molecule has 3 heterocycles. The lowest BCUT2D eigenvalue weighted by Crippen LogP contribution is -2.46. The zero-order chi connectivity index (χ0) is 12.7. The van der Waals surface area contributed by atoms with E-state index in [-0.39, 0.29) is 6.04 Å². The molecule has 0 bridgehead atoms. The van der Waals surface area contributed by atoms with Crippen LogP contribution in [0.25, 0.3) is 5.65 Å². The minimum atomic E-state index is 0.224. The molecule has 2 N–H and O–H groups in total. The van der Waals surface area contributed by atoms with Gasteiger partial charge in [-0.25, -0.2) is 4.52 Å². The van der Waals surface area contributed by atoms with Crippen LogP contribution in [-0.2, 0) is 0 Å². The fraction of sp³-hybridized carbons (Fsp3) is 0.538. The summed E-state index contributed by atoms with van der Waals surface area (Å²) >= 11 is 0. The van der Waals surface area contributed by atoms with Gasteiger partial charge in [-0.3, -0.25) is 0 Å². The zero-order valence-electron chi connectivity index (χ0n) is 10.9. The first-order valence-corrected chi connectivity index (χ1v) is 6.45. The SMILES string of the molecule is Cc1ccn2nc(N3CC(C)CC(N)C3)nc2c1. The maximum atomic E-state index is 6.07. The van der Waals surface area contributed by atoms with Gasteiger partial charge in [-0.1, -0.05) is 6.92 Å². The molecule has 2 unspecified atom stereocenters. The van der Waals surface area contributed by atoms with E-state index < -0.39 is 0 Å². The van der Waals surface area contributed by atoms with Crippen molar-refractivity contribution in [2.45, 2.75) is 26.3 Å². The van der Waals surface area contributed by atoms with Crippen LogP contribution in [-0.4, -0.2) is 33.7 Å². The Morgan fingerprint density at radius 3 is 3.00 bits per heavy atom. The smallest absolute Gasteiger partial charge is 0.245 e. The van der Waals surface area contributed by atoms with Crippen molar-refractivity contribution in [1.82, 2.24) is 14.6 Å². The van der Waals surface area contributed by atoms with Gasteiger partial charge in [-0.2, -0.15) is 4.98 Å². The molecule has 0 spiro atoms. The average molecular weight is 245 g/mol. The van der Waals surface area contributed by atoms with Crippen LogP contribution in [0, 0.1) is 12.8 Å². The van der Waals surface area contributed by atoms with Crippen LogP contribution in [0.4, 0.5) is 5.95 Å². The van der Waals surface area contributed by atoms with Crippen LogP contribution in [0.15, 0.2) is 18.3 Å². The molecule has 1 aliphatic rings. The molecule has 0 aliphatic carbocycles. The highest BCUT2D eigenvalue weighted by molar-refractivity contribution is 5.46. The molecule has 0 saturated carbocycles. The van der Waals surface area contributed by atoms with E-state index in [9.17, 15) is 0 Å². The third-order valence-electron chi connectivity index (χ3n) is 3.46. The Balaban J connectivity index is 1.93. The Labute approximate surface area is 107 Å². The normalized spacial score (nSPS) is 24.7. The first-order valence-electron chi connectivity index (χ1n) is 6.45. The Morgan fingerprint density at radius 2 is 2.22 bits per heavy atom. The molecule has 0 amide bonds. The van der Waals surface area contributed by atoms with Crippen LogP contribution in [0.2, 0.25) is 0 Å². The number of aryl methyl sites for hydroxylation is 1. The van der Waals surface area contributed by atoms with Crippen molar-refractivity contribution in [3.8, 4) is 0 Å². The standard InChI is InChI=1S/C13H19N5/c1-9-3-4-18-12(6-9)15-13(16-18)17-7-10(2)5-11(14)8-17/h3-4,6,10-11H,5,7-8,14H2,1-2H3. The summed E-state index contributed by atoms with van der Waals surface area (Å²) in [6, 6.07) is 4.31. The van der Waals surface area contributed by atoms with Crippen molar-refractivity contribution in [2.24, 2.45) is 11.7 Å². The van der Waals surface area contributed by atoms with Gasteiger partial charge in [0.05, 0.1) is 0 Å². The molecule has 2 aromatic heterocycles. The fourth-order valence-corrected chi connectivity index (χ4v) is 2.67. The third-order valence-corrected chi connectivity index (χ3v) is 3.46. The predicted octanol–water partition coefficient (Wildman–Crippen LogP) is 1.21. The lowest BCUT2D eigenvalue weighted by Gasteiger charge is -2.33. The van der Waals surface area contributed by atoms with Crippen LogP contribution < -0.4 is 10.6 Å². The van der Waals surface area contributed by atoms with Gasteiger partial charge >= 0.3 is 0 Å². The minimum Gasteiger partial charge on any atom is -0.338 e. The molecule has 3 rings (SSSR count). The predicted molar refractivity (Wildman–Crippen MR) is 71.7 cm³/mol. The summed E-state index contributed by atoms with van der Waals surface area (Å²) < 4.78 is 1.83. The van der Waals surface area contributed by atoms with Gasteiger partial charge in [0.25, 0.3) is 0 Å². The summed E-state index contributed by atoms with van der Waals surface area (Å²) in [7, 11) is 0. The molecule has 5 heteroatoms. The molecular formula is C13H19N5. The number of piperidine rings is 1. The van der Waals surface area contributed by atoms with Crippen LogP contribution in [0.3, 0.4) is 0 Å². The van der Waals surface area contributed by atoms with E-state index in [1.165, 1.54) is 5.56 Å². The number of anilines is 1. The second-order valence-corrected chi connectivity index (χ2v) is 5.42. The molecule has 1 fully saturated rings. The number of nitrogens with zero attached hydrogens (tertiary/aromatic N) is 4. The van der Waals surface area contributed by atoms with Gasteiger partial charge in [0.2, 0.25) is 5.95 Å². The number of rotatable bonds is 1. The molecule has 0 radical (unpaired) electrons. The van der Waals surface area contributed by atoms with Gasteiger partial charge in [-0.15, -0.1) is 5.10 Å². The molecular weight excluding hydrogens is 226 g/mol. The van der Waals surface area contributed by atoms with Crippen LogP contribution >= 0.6 is 0 Å². The monoisotopic (exact) mass is 245 g/mol. The maximum absolute atomic E-state index is 6.07. The minimum absolute atomic E-state index is 0.224. The van der Waals surface area contributed by atoms with Gasteiger partial charge in [0, 0.05) is 25.3 Å². The van der Waals surface area contributed by atoms with Crippen molar-refractivity contribution < 1.29 is 0 Å². The van der Waals surface area contributed by atoms with Crippen molar-refractivity contribution in [3.63, 3.8) is 0 Å². The molecule has 5 nitrogen and oxygen atoms in total. The van der Waals surface area contributed by atoms with Crippen molar-refractivity contribution in [1.29, 1.82) is 0 Å². The molecule has 2 aromatic rings. The number of pyridine rings is 1. The van der Waals surface area contributed by atoms with Crippen LogP contribution in [0.1, 0.15) is 18.9 Å². The number of hydrogen-bond acceptors (Lipinski definition) is 4. The quantitative estimate of drug-likeness (QED) is 0.820. The fourth-order valence-electron chi connectivity index (χ4n) is 2.67. The molecule has 2 atom stereocenters. The van der Waals surface area contributed by atoms with Gasteiger partial charge in [-0.05, 0) is 37.0 Å². The van der Waals surface area contributed by atoms with E-state index in [1.807, 2.05) is 22.8 Å². The lowest BCUT2D eigenvalue weighted by atomic mass is 9.97. The molecule has 96 valence electrons. The molecule has 0 aromatic carbocycles. The van der Waals surface area contributed by atoms with Gasteiger partial charge in [0.15, 0.2) is 5.65 Å². The van der Waals surface area contributed by atoms with Gasteiger partial charge < -0.3 is 10.6 Å². The summed E-state index contributed by atoms with van der Waals surface area (Å²) in [5, 5.41) is 4.52. The van der Waals surface area contributed by atoms with Gasteiger partial charge in [0.1, 0.15) is 0 Å². The topological polar surface area (TPSA) is 59.5 Å². The highest BCUT2D eigenvalue weighted by atomic mass is 15.4. The summed E-state index contributed by atoms with van der Waals surface area (Å²) in [6.07, 6.45) is 3.04. The Morgan fingerprint density at radius 1 is 1.39 bits per heavy atom. The summed E-state index contributed by atoms with van der Waals surface area (Å²) in [5.41, 5.74) is 8.17. The summed E-state index contributed by atoms with van der Waals surface area (Å²) in [5.74, 6) is 1.39. The zero-order valence-corrected chi connectivity index (χ0v) is 10.9.